The van der Waals surface area contributed by atoms with Crippen molar-refractivity contribution in [2.75, 3.05) is 20.6 Å². The van der Waals surface area contributed by atoms with E-state index >= 15 is 0 Å². The minimum atomic E-state index is -0.688. The summed E-state index contributed by atoms with van der Waals surface area (Å²) in [6.45, 7) is 2.67. The highest BCUT2D eigenvalue weighted by atomic mass is 16.2. The number of benzene rings is 2. The van der Waals surface area contributed by atoms with Crippen LogP contribution in [0.5, 0.6) is 0 Å². The maximum atomic E-state index is 12.7. The Labute approximate surface area is 169 Å². The largest absolute Gasteiger partial charge is 0.350 e. The number of aromatic amines is 1. The molecule has 0 saturated heterocycles. The number of amides is 1. The van der Waals surface area contributed by atoms with Crippen LogP contribution in [-0.4, -0.2) is 47.0 Å². The van der Waals surface area contributed by atoms with Gasteiger partial charge in [-0.1, -0.05) is 30.3 Å². The molecule has 3 aromatic rings. The summed E-state index contributed by atoms with van der Waals surface area (Å²) in [4.78, 5) is 41.2. The smallest absolute Gasteiger partial charge is 0.316 e. The van der Waals surface area contributed by atoms with Gasteiger partial charge in [-0.25, -0.2) is 0 Å². The topological polar surface area (TPSA) is 87.2 Å². The highest BCUT2D eigenvalue weighted by molar-refractivity contribution is 5.97. The number of carbonyl (C=O) groups excluding carboxylic acids is 1. The maximum absolute atomic E-state index is 12.7. The molecule has 29 heavy (non-hydrogen) atoms. The number of rotatable bonds is 7. The molecule has 2 N–H and O–H groups in total. The first kappa shape index (κ1) is 20.5. The van der Waals surface area contributed by atoms with Gasteiger partial charge in [0.2, 0.25) is 0 Å². The zero-order chi connectivity index (χ0) is 21.0. The van der Waals surface area contributed by atoms with E-state index in [1.54, 1.807) is 25.1 Å². The van der Waals surface area contributed by atoms with Crippen molar-refractivity contribution in [2.24, 2.45) is 0 Å². The van der Waals surface area contributed by atoms with E-state index in [-0.39, 0.29) is 11.9 Å². The standard InChI is InChI=1S/C22H26N4O3/c1-4-26-19-11-10-16(13-18(19)24-21(28)22(26)29)20(27)23-14-17(25(2)3)12-15-8-6-5-7-9-15/h5-11,13,17H,4,12,14H2,1-3H3,(H,23,27)(H,24,28). The first-order valence-corrected chi connectivity index (χ1v) is 9.66. The number of nitrogens with zero attached hydrogens (tertiary/aromatic N) is 2. The number of hydrogen-bond acceptors (Lipinski definition) is 4. The van der Waals surface area contributed by atoms with Crippen molar-refractivity contribution in [3.8, 4) is 0 Å². The molecule has 0 aliphatic heterocycles. The zero-order valence-electron chi connectivity index (χ0n) is 16.9. The molecule has 1 heterocycles. The Morgan fingerprint density at radius 2 is 1.86 bits per heavy atom. The first-order valence-electron chi connectivity index (χ1n) is 9.66. The third-order valence-corrected chi connectivity index (χ3v) is 5.10. The molecule has 1 atom stereocenters. The second kappa shape index (κ2) is 8.87. The molecule has 0 fully saturated rings. The number of likely N-dealkylation sites (N-methyl/N-ethyl adjacent to an activating group) is 1. The molecular formula is C22H26N4O3. The molecule has 1 amide bonds. The van der Waals surface area contributed by atoms with Gasteiger partial charge < -0.3 is 19.8 Å². The summed E-state index contributed by atoms with van der Waals surface area (Å²) >= 11 is 0. The monoisotopic (exact) mass is 394 g/mol. The Morgan fingerprint density at radius 1 is 1.14 bits per heavy atom. The van der Waals surface area contributed by atoms with Crippen LogP contribution in [0.3, 0.4) is 0 Å². The van der Waals surface area contributed by atoms with Crippen LogP contribution in [0, 0.1) is 0 Å². The summed E-state index contributed by atoms with van der Waals surface area (Å²) in [7, 11) is 3.98. The van der Waals surface area contributed by atoms with E-state index in [0.717, 1.165) is 6.42 Å². The zero-order valence-corrected chi connectivity index (χ0v) is 16.9. The van der Waals surface area contributed by atoms with Crippen LogP contribution in [0.2, 0.25) is 0 Å². The molecule has 1 aromatic heterocycles. The Balaban J connectivity index is 1.77. The molecule has 0 spiro atoms. The average molecular weight is 394 g/mol. The van der Waals surface area contributed by atoms with Gasteiger partial charge >= 0.3 is 11.1 Å². The molecular weight excluding hydrogens is 368 g/mol. The van der Waals surface area contributed by atoms with Crippen molar-refractivity contribution in [3.63, 3.8) is 0 Å². The fourth-order valence-corrected chi connectivity index (χ4v) is 3.37. The molecule has 3 rings (SSSR count). The fraction of sp³-hybridized carbons (Fsp3) is 0.318. The Morgan fingerprint density at radius 3 is 2.52 bits per heavy atom. The second-order valence-corrected chi connectivity index (χ2v) is 7.25. The van der Waals surface area contributed by atoms with Gasteiger partial charge in [0.1, 0.15) is 0 Å². The molecule has 0 bridgehead atoms. The predicted molar refractivity (Wildman–Crippen MR) is 114 cm³/mol. The van der Waals surface area contributed by atoms with Crippen molar-refractivity contribution in [1.82, 2.24) is 19.8 Å². The molecule has 152 valence electrons. The van der Waals surface area contributed by atoms with E-state index in [2.05, 4.69) is 27.3 Å². The van der Waals surface area contributed by atoms with Gasteiger partial charge in [-0.05, 0) is 51.2 Å². The summed E-state index contributed by atoms with van der Waals surface area (Å²) in [5.41, 5.74) is 1.44. The second-order valence-electron chi connectivity index (χ2n) is 7.25. The molecule has 0 radical (unpaired) electrons. The van der Waals surface area contributed by atoms with E-state index in [1.165, 1.54) is 10.1 Å². The lowest BCUT2D eigenvalue weighted by atomic mass is 10.0. The molecule has 7 heteroatoms. The molecule has 0 aliphatic rings. The predicted octanol–water partition coefficient (Wildman–Crippen LogP) is 1.61. The number of aryl methyl sites for hydroxylation is 1. The Bertz CT molecular complexity index is 1120. The SMILES string of the molecule is CCn1c(=O)c(=O)[nH]c2cc(C(=O)NCC(Cc3ccccc3)N(C)C)ccc21. The number of carbonyl (C=O) groups is 1. The number of H-pyrrole nitrogens is 1. The molecule has 2 aromatic carbocycles. The lowest BCUT2D eigenvalue weighted by Gasteiger charge is -2.25. The van der Waals surface area contributed by atoms with E-state index in [0.29, 0.717) is 29.7 Å². The van der Waals surface area contributed by atoms with Gasteiger partial charge in [-0.3, -0.25) is 14.4 Å². The summed E-state index contributed by atoms with van der Waals surface area (Å²) in [6.07, 6.45) is 0.821. The minimum Gasteiger partial charge on any atom is -0.350 e. The highest BCUT2D eigenvalue weighted by Crippen LogP contribution is 2.12. The van der Waals surface area contributed by atoms with Crippen molar-refractivity contribution < 1.29 is 4.79 Å². The fourth-order valence-electron chi connectivity index (χ4n) is 3.37. The van der Waals surface area contributed by atoms with Crippen LogP contribution in [0.1, 0.15) is 22.8 Å². The molecule has 1 unspecified atom stereocenters. The summed E-state index contributed by atoms with van der Waals surface area (Å²) in [5, 5.41) is 2.98. The van der Waals surface area contributed by atoms with Crippen LogP contribution in [-0.2, 0) is 13.0 Å². The Kier molecular flexibility index (Phi) is 6.29. The highest BCUT2D eigenvalue weighted by Gasteiger charge is 2.15. The van der Waals surface area contributed by atoms with Crippen LogP contribution < -0.4 is 16.4 Å². The number of aromatic nitrogens is 2. The van der Waals surface area contributed by atoms with Crippen LogP contribution in [0.25, 0.3) is 11.0 Å². The van der Waals surface area contributed by atoms with Gasteiger partial charge in [-0.15, -0.1) is 0 Å². The van der Waals surface area contributed by atoms with E-state index < -0.39 is 11.1 Å². The van der Waals surface area contributed by atoms with E-state index in [4.69, 9.17) is 0 Å². The van der Waals surface area contributed by atoms with E-state index in [1.807, 2.05) is 32.3 Å². The third-order valence-electron chi connectivity index (χ3n) is 5.10. The number of hydrogen-bond donors (Lipinski definition) is 2. The van der Waals surface area contributed by atoms with Crippen molar-refractivity contribution in [1.29, 1.82) is 0 Å². The van der Waals surface area contributed by atoms with Crippen LogP contribution in [0.15, 0.2) is 58.1 Å². The number of nitrogens with one attached hydrogen (secondary N) is 2. The summed E-state index contributed by atoms with van der Waals surface area (Å²) < 4.78 is 1.40. The van der Waals surface area contributed by atoms with Gasteiger partial charge in [0.25, 0.3) is 5.91 Å². The molecule has 0 saturated carbocycles. The average Bonchev–Trinajstić information content (AvgIpc) is 2.72. The van der Waals surface area contributed by atoms with E-state index in [9.17, 15) is 14.4 Å². The normalized spacial score (nSPS) is 12.3. The van der Waals surface area contributed by atoms with Gasteiger partial charge in [-0.2, -0.15) is 0 Å². The van der Waals surface area contributed by atoms with Crippen molar-refractivity contribution >= 4 is 16.9 Å². The Hall–Kier alpha value is -3.19. The van der Waals surface area contributed by atoms with Crippen LogP contribution >= 0.6 is 0 Å². The van der Waals surface area contributed by atoms with Crippen molar-refractivity contribution in [2.45, 2.75) is 25.9 Å². The van der Waals surface area contributed by atoms with Gasteiger partial charge in [0, 0.05) is 24.7 Å². The first-order chi connectivity index (χ1) is 13.9. The number of fused-ring (bicyclic) bond motifs is 1. The molecule has 7 nitrogen and oxygen atoms in total. The summed E-state index contributed by atoms with van der Waals surface area (Å²) in [6, 6.07) is 15.3. The lowest BCUT2D eigenvalue weighted by molar-refractivity contribution is 0.0942. The quantitative estimate of drug-likeness (QED) is 0.596. The summed E-state index contributed by atoms with van der Waals surface area (Å²) in [5.74, 6) is -0.220. The third kappa shape index (κ3) is 4.63. The van der Waals surface area contributed by atoms with Crippen LogP contribution in [0.4, 0.5) is 0 Å². The van der Waals surface area contributed by atoms with Crippen molar-refractivity contribution in [3.05, 3.63) is 80.4 Å². The lowest BCUT2D eigenvalue weighted by Crippen LogP contribution is -2.41. The maximum Gasteiger partial charge on any atom is 0.316 e. The van der Waals surface area contributed by atoms with Gasteiger partial charge in [0.15, 0.2) is 0 Å². The molecule has 0 aliphatic carbocycles. The van der Waals surface area contributed by atoms with Gasteiger partial charge in [0.05, 0.1) is 11.0 Å². The minimum absolute atomic E-state index is 0.145.